The Bertz CT molecular complexity index is 778. The molecule has 7 nitrogen and oxygen atoms in total. The fourth-order valence-electron chi connectivity index (χ4n) is 3.35. The zero-order valence-corrected chi connectivity index (χ0v) is 19.5. The first kappa shape index (κ1) is 25.0. The number of anilines is 1. The number of nitrogens with one attached hydrogen (secondary N) is 1. The molecule has 1 aromatic heterocycles. The monoisotopic (exact) mass is 437 g/mol. The third-order valence-electron chi connectivity index (χ3n) is 5.27. The average molecular weight is 438 g/mol. The molecule has 0 aliphatic carbocycles. The minimum Gasteiger partial charge on any atom is -0.444 e. The van der Waals surface area contributed by atoms with Gasteiger partial charge < -0.3 is 20.1 Å². The standard InChI is InChI=1S/C23H36FN3O4/c1-22(2,3)20(29)26-18-10-8-16(19(24)25-18)17(28)9-7-15-11-13-27(14-12-15)21(30)31-23(4,5)6/h8,10,15,17,28H,7,9,11-14H2,1-6H3,(H,25,26,29). The molecule has 1 fully saturated rings. The van der Waals surface area contributed by atoms with Gasteiger partial charge in [-0.1, -0.05) is 20.8 Å². The van der Waals surface area contributed by atoms with Gasteiger partial charge in [-0.15, -0.1) is 0 Å². The number of halogens is 1. The predicted octanol–water partition coefficient (Wildman–Crippen LogP) is 4.67. The first-order chi connectivity index (χ1) is 14.3. The second kappa shape index (κ2) is 9.94. The van der Waals surface area contributed by atoms with Crippen molar-refractivity contribution in [1.29, 1.82) is 0 Å². The van der Waals surface area contributed by atoms with E-state index in [-0.39, 0.29) is 23.4 Å². The normalized spacial score (nSPS) is 16.7. The molecule has 1 atom stereocenters. The van der Waals surface area contributed by atoms with Crippen molar-refractivity contribution in [2.24, 2.45) is 11.3 Å². The second-order valence-corrected chi connectivity index (χ2v) is 10.3. The minimum atomic E-state index is -0.969. The van der Waals surface area contributed by atoms with Crippen molar-refractivity contribution in [3.05, 3.63) is 23.6 Å². The number of aromatic nitrogens is 1. The summed E-state index contributed by atoms with van der Waals surface area (Å²) in [5.41, 5.74) is -1.00. The van der Waals surface area contributed by atoms with Crippen LogP contribution < -0.4 is 5.32 Å². The van der Waals surface area contributed by atoms with Crippen molar-refractivity contribution < 1.29 is 23.8 Å². The van der Waals surface area contributed by atoms with Crippen molar-refractivity contribution in [3.63, 3.8) is 0 Å². The smallest absolute Gasteiger partial charge is 0.410 e. The van der Waals surface area contributed by atoms with Gasteiger partial charge >= 0.3 is 6.09 Å². The van der Waals surface area contributed by atoms with Crippen molar-refractivity contribution in [3.8, 4) is 0 Å². The number of carbonyl (C=O) groups excluding carboxylic acids is 2. The van der Waals surface area contributed by atoms with Crippen LogP contribution in [0.5, 0.6) is 0 Å². The number of likely N-dealkylation sites (tertiary alicyclic amines) is 1. The van der Waals surface area contributed by atoms with Gasteiger partial charge in [0.2, 0.25) is 11.9 Å². The van der Waals surface area contributed by atoms with Crippen LogP contribution in [-0.2, 0) is 9.53 Å². The summed E-state index contributed by atoms with van der Waals surface area (Å²) >= 11 is 0. The quantitative estimate of drug-likeness (QED) is 0.654. The second-order valence-electron chi connectivity index (χ2n) is 10.3. The zero-order chi connectivity index (χ0) is 23.4. The van der Waals surface area contributed by atoms with Gasteiger partial charge in [0.1, 0.15) is 11.4 Å². The molecular weight excluding hydrogens is 401 g/mol. The number of aliphatic hydroxyl groups is 1. The summed E-state index contributed by atoms with van der Waals surface area (Å²) in [5.74, 6) is -0.554. The molecule has 0 spiro atoms. The van der Waals surface area contributed by atoms with Crippen molar-refractivity contribution in [1.82, 2.24) is 9.88 Å². The SMILES string of the molecule is CC(C)(C)OC(=O)N1CCC(CCC(O)c2ccc(NC(=O)C(C)(C)C)nc2F)CC1. The van der Waals surface area contributed by atoms with E-state index in [0.29, 0.717) is 25.4 Å². The number of amides is 2. The van der Waals surface area contributed by atoms with E-state index in [1.54, 1.807) is 25.7 Å². The third kappa shape index (κ3) is 7.76. The maximum atomic E-state index is 14.4. The van der Waals surface area contributed by atoms with Gasteiger partial charge in [0.05, 0.1) is 6.10 Å². The molecule has 0 saturated carbocycles. The highest BCUT2D eigenvalue weighted by Gasteiger charge is 2.27. The third-order valence-corrected chi connectivity index (χ3v) is 5.27. The Hall–Kier alpha value is -2.22. The Morgan fingerprint density at radius 2 is 1.84 bits per heavy atom. The van der Waals surface area contributed by atoms with E-state index in [1.165, 1.54) is 12.1 Å². The fraction of sp³-hybridized carbons (Fsp3) is 0.696. The Balaban J connectivity index is 1.83. The van der Waals surface area contributed by atoms with Crippen LogP contribution in [-0.4, -0.2) is 45.7 Å². The number of pyridine rings is 1. The summed E-state index contributed by atoms with van der Waals surface area (Å²) in [6, 6.07) is 2.97. The summed E-state index contributed by atoms with van der Waals surface area (Å²) in [5, 5.41) is 13.0. The Morgan fingerprint density at radius 1 is 1.23 bits per heavy atom. The topological polar surface area (TPSA) is 91.8 Å². The summed E-state index contributed by atoms with van der Waals surface area (Å²) in [7, 11) is 0. The van der Waals surface area contributed by atoms with Crippen LogP contribution in [0.25, 0.3) is 0 Å². The van der Waals surface area contributed by atoms with Crippen molar-refractivity contribution >= 4 is 17.8 Å². The molecule has 0 radical (unpaired) electrons. The largest absolute Gasteiger partial charge is 0.444 e. The van der Waals surface area contributed by atoms with E-state index in [2.05, 4.69) is 10.3 Å². The van der Waals surface area contributed by atoms with E-state index in [0.717, 1.165) is 19.3 Å². The number of carbonyl (C=O) groups is 2. The van der Waals surface area contributed by atoms with Gasteiger partial charge in [0.25, 0.3) is 0 Å². The number of rotatable bonds is 5. The lowest BCUT2D eigenvalue weighted by atomic mass is 9.90. The van der Waals surface area contributed by atoms with Gasteiger partial charge in [0.15, 0.2) is 0 Å². The van der Waals surface area contributed by atoms with Crippen LogP contribution in [0.3, 0.4) is 0 Å². The van der Waals surface area contributed by atoms with Crippen molar-refractivity contribution in [2.45, 2.75) is 78.9 Å². The number of nitrogens with zero attached hydrogens (tertiary/aromatic N) is 2. The fourth-order valence-corrected chi connectivity index (χ4v) is 3.35. The molecule has 0 bridgehead atoms. The van der Waals surface area contributed by atoms with Gasteiger partial charge in [-0.2, -0.15) is 4.39 Å². The molecule has 2 N–H and O–H groups in total. The first-order valence-electron chi connectivity index (χ1n) is 10.9. The number of ether oxygens (including phenoxy) is 1. The molecule has 8 heteroatoms. The van der Waals surface area contributed by atoms with Crippen LogP contribution in [0.15, 0.2) is 12.1 Å². The van der Waals surface area contributed by atoms with E-state index in [1.807, 2.05) is 20.8 Å². The van der Waals surface area contributed by atoms with Crippen LogP contribution in [0, 0.1) is 17.3 Å². The summed E-state index contributed by atoms with van der Waals surface area (Å²) in [4.78, 5) is 29.7. The lowest BCUT2D eigenvalue weighted by Crippen LogP contribution is -2.41. The lowest BCUT2D eigenvalue weighted by Gasteiger charge is -2.33. The molecule has 2 rings (SSSR count). The highest BCUT2D eigenvalue weighted by Crippen LogP contribution is 2.29. The number of aliphatic hydroxyl groups excluding tert-OH is 1. The lowest BCUT2D eigenvalue weighted by molar-refractivity contribution is -0.123. The Labute approximate surface area is 184 Å². The van der Waals surface area contributed by atoms with Gasteiger partial charge in [0, 0.05) is 24.1 Å². The molecule has 1 unspecified atom stereocenters. The number of piperidine rings is 1. The molecular formula is C23H36FN3O4. The molecule has 1 saturated heterocycles. The Morgan fingerprint density at radius 3 is 2.35 bits per heavy atom. The predicted molar refractivity (Wildman–Crippen MR) is 117 cm³/mol. The molecule has 1 aromatic rings. The van der Waals surface area contributed by atoms with E-state index in [9.17, 15) is 19.1 Å². The molecule has 2 heterocycles. The number of hydrogen-bond acceptors (Lipinski definition) is 5. The molecule has 31 heavy (non-hydrogen) atoms. The van der Waals surface area contributed by atoms with Gasteiger partial charge in [-0.05, 0) is 64.5 Å². The Kier molecular flexibility index (Phi) is 8.03. The molecule has 0 aromatic carbocycles. The molecule has 2 amide bonds. The summed E-state index contributed by atoms with van der Waals surface area (Å²) in [6.45, 7) is 12.0. The van der Waals surface area contributed by atoms with Crippen LogP contribution in [0.1, 0.15) is 78.9 Å². The molecule has 1 aliphatic heterocycles. The van der Waals surface area contributed by atoms with Crippen molar-refractivity contribution in [2.75, 3.05) is 18.4 Å². The van der Waals surface area contributed by atoms with Gasteiger partial charge in [-0.3, -0.25) is 4.79 Å². The average Bonchev–Trinajstić information content (AvgIpc) is 2.64. The van der Waals surface area contributed by atoms with E-state index in [4.69, 9.17) is 4.74 Å². The van der Waals surface area contributed by atoms with Gasteiger partial charge in [-0.25, -0.2) is 9.78 Å². The molecule has 174 valence electrons. The zero-order valence-electron chi connectivity index (χ0n) is 19.5. The maximum absolute atomic E-state index is 14.4. The number of hydrogen-bond donors (Lipinski definition) is 2. The van der Waals surface area contributed by atoms with Crippen LogP contribution in [0.2, 0.25) is 0 Å². The van der Waals surface area contributed by atoms with Crippen LogP contribution >= 0.6 is 0 Å². The maximum Gasteiger partial charge on any atom is 0.410 e. The molecule has 1 aliphatic rings. The summed E-state index contributed by atoms with van der Waals surface area (Å²) in [6.07, 6.45) is 1.52. The summed E-state index contributed by atoms with van der Waals surface area (Å²) < 4.78 is 19.8. The highest BCUT2D eigenvalue weighted by molar-refractivity contribution is 5.93. The minimum absolute atomic E-state index is 0.125. The van der Waals surface area contributed by atoms with E-state index < -0.39 is 23.1 Å². The van der Waals surface area contributed by atoms with E-state index >= 15 is 0 Å². The highest BCUT2D eigenvalue weighted by atomic mass is 19.1. The first-order valence-corrected chi connectivity index (χ1v) is 10.9. The van der Waals surface area contributed by atoms with Crippen LogP contribution in [0.4, 0.5) is 15.0 Å².